The lowest BCUT2D eigenvalue weighted by molar-refractivity contribution is 0.132. The van der Waals surface area contributed by atoms with Gasteiger partial charge in [0.05, 0.1) is 24.5 Å². The molecule has 22 heavy (non-hydrogen) atoms. The molecule has 1 unspecified atom stereocenters. The molecule has 116 valence electrons. The van der Waals surface area contributed by atoms with Crippen molar-refractivity contribution in [3.8, 4) is 0 Å². The van der Waals surface area contributed by atoms with Gasteiger partial charge in [-0.1, -0.05) is 30.3 Å². The Morgan fingerprint density at radius 2 is 1.64 bits per heavy atom. The summed E-state index contributed by atoms with van der Waals surface area (Å²) in [5.74, 6) is 0. The van der Waals surface area contributed by atoms with Crippen molar-refractivity contribution in [1.82, 2.24) is 9.21 Å². The summed E-state index contributed by atoms with van der Waals surface area (Å²) >= 11 is -1.06. The van der Waals surface area contributed by atoms with E-state index in [1.54, 1.807) is 0 Å². The van der Waals surface area contributed by atoms with Crippen LogP contribution < -0.4 is 0 Å². The summed E-state index contributed by atoms with van der Waals surface area (Å²) in [6, 6.07) is 14.3. The molecule has 2 aromatic rings. The monoisotopic (exact) mass is 314 g/mol. The molecule has 1 saturated carbocycles. The molecule has 1 aliphatic heterocycles. The summed E-state index contributed by atoms with van der Waals surface area (Å²) < 4.78 is 15.1. The zero-order valence-electron chi connectivity index (χ0n) is 13.0. The van der Waals surface area contributed by atoms with Crippen molar-refractivity contribution in [1.29, 1.82) is 0 Å². The molecule has 1 atom stereocenters. The zero-order valence-corrected chi connectivity index (χ0v) is 13.8. The second-order valence-electron chi connectivity index (χ2n) is 6.64. The summed E-state index contributed by atoms with van der Waals surface area (Å²) in [7, 11) is 0. The van der Waals surface area contributed by atoms with Crippen LogP contribution in [0.4, 0.5) is 0 Å². The fraction of sp³-hybridized carbons (Fsp3) is 0.444. The van der Waals surface area contributed by atoms with Gasteiger partial charge in [-0.25, -0.2) is 0 Å². The van der Waals surface area contributed by atoms with E-state index in [1.807, 2.05) is 24.3 Å². The van der Waals surface area contributed by atoms with Crippen molar-refractivity contribution in [2.45, 2.75) is 30.2 Å². The largest absolute Gasteiger partial charge is 0.593 e. The first-order valence-corrected chi connectivity index (χ1v) is 9.18. The molecule has 4 rings (SSSR count). The van der Waals surface area contributed by atoms with Crippen LogP contribution in [0, 0.1) is 0 Å². The van der Waals surface area contributed by atoms with Gasteiger partial charge < -0.3 is 4.55 Å². The molecule has 0 amide bonds. The van der Waals surface area contributed by atoms with Crippen molar-refractivity contribution < 1.29 is 4.55 Å². The van der Waals surface area contributed by atoms with Gasteiger partial charge in [0.25, 0.3) is 0 Å². The van der Waals surface area contributed by atoms with Crippen LogP contribution in [0.2, 0.25) is 0 Å². The lowest BCUT2D eigenvalue weighted by atomic mass is 10.1. The number of rotatable bonds is 3. The number of nitrogens with zero attached hydrogens (tertiary/aromatic N) is 2. The lowest BCUT2D eigenvalue weighted by Gasteiger charge is -2.37. The number of benzene rings is 2. The average molecular weight is 314 g/mol. The van der Waals surface area contributed by atoms with Crippen LogP contribution in [-0.4, -0.2) is 45.5 Å². The third-order valence-corrected chi connectivity index (χ3v) is 6.71. The third-order valence-electron chi connectivity index (χ3n) is 5.15. The van der Waals surface area contributed by atoms with Gasteiger partial charge in [0, 0.05) is 24.0 Å². The highest BCUT2D eigenvalue weighted by Crippen LogP contribution is 2.41. The SMILES string of the molecule is CC1(N2CCN([S+]([O-])c3cccc4ccccc34)CC2)CC1. The van der Waals surface area contributed by atoms with Gasteiger partial charge in [-0.2, -0.15) is 0 Å². The molecule has 0 spiro atoms. The molecule has 2 fully saturated rings. The molecule has 2 aromatic carbocycles. The maximum Gasteiger partial charge on any atom is 0.181 e. The number of hydrogen-bond acceptors (Lipinski definition) is 3. The first-order chi connectivity index (χ1) is 10.7. The molecular weight excluding hydrogens is 292 g/mol. The van der Waals surface area contributed by atoms with Crippen LogP contribution in [0.3, 0.4) is 0 Å². The van der Waals surface area contributed by atoms with E-state index in [4.69, 9.17) is 0 Å². The smallest absolute Gasteiger partial charge is 0.181 e. The van der Waals surface area contributed by atoms with Crippen molar-refractivity contribution in [3.63, 3.8) is 0 Å². The van der Waals surface area contributed by atoms with Crippen LogP contribution in [0.1, 0.15) is 19.8 Å². The summed E-state index contributed by atoms with van der Waals surface area (Å²) in [5, 5.41) is 2.28. The van der Waals surface area contributed by atoms with Gasteiger partial charge in [0.1, 0.15) is 0 Å². The van der Waals surface area contributed by atoms with Crippen molar-refractivity contribution in [2.24, 2.45) is 0 Å². The Morgan fingerprint density at radius 3 is 2.36 bits per heavy atom. The van der Waals surface area contributed by atoms with Gasteiger partial charge in [-0.15, -0.1) is 4.31 Å². The molecule has 1 aliphatic carbocycles. The minimum absolute atomic E-state index is 0.438. The summed E-state index contributed by atoms with van der Waals surface area (Å²) in [6.45, 7) is 6.21. The molecule has 1 saturated heterocycles. The van der Waals surface area contributed by atoms with Gasteiger partial charge in [-0.3, -0.25) is 4.90 Å². The van der Waals surface area contributed by atoms with Crippen LogP contribution in [-0.2, 0) is 11.4 Å². The van der Waals surface area contributed by atoms with E-state index in [-0.39, 0.29) is 0 Å². The van der Waals surface area contributed by atoms with E-state index in [1.165, 1.54) is 12.8 Å². The molecule has 0 N–H and O–H groups in total. The number of fused-ring (bicyclic) bond motifs is 1. The molecule has 0 radical (unpaired) electrons. The quantitative estimate of drug-likeness (QED) is 0.816. The van der Waals surface area contributed by atoms with E-state index < -0.39 is 11.4 Å². The predicted octanol–water partition coefficient (Wildman–Crippen LogP) is 3.03. The fourth-order valence-electron chi connectivity index (χ4n) is 3.38. The molecule has 1 heterocycles. The van der Waals surface area contributed by atoms with Crippen LogP contribution in [0.15, 0.2) is 47.4 Å². The Bertz CT molecular complexity index is 672. The Labute approximate surface area is 135 Å². The number of piperazine rings is 1. The first kappa shape index (κ1) is 14.5. The number of hydrogen-bond donors (Lipinski definition) is 0. The summed E-state index contributed by atoms with van der Waals surface area (Å²) in [6.07, 6.45) is 2.64. The van der Waals surface area contributed by atoms with Crippen molar-refractivity contribution >= 4 is 22.1 Å². The maximum atomic E-state index is 13.0. The third kappa shape index (κ3) is 2.54. The topological polar surface area (TPSA) is 29.5 Å². The van der Waals surface area contributed by atoms with Crippen LogP contribution >= 0.6 is 0 Å². The molecule has 4 heteroatoms. The van der Waals surface area contributed by atoms with E-state index in [9.17, 15) is 4.55 Å². The Balaban J connectivity index is 1.53. The normalized spacial score (nSPS) is 23.5. The van der Waals surface area contributed by atoms with Gasteiger partial charge in [-0.05, 0) is 37.3 Å². The Kier molecular flexibility index (Phi) is 3.65. The average Bonchev–Trinajstić information content (AvgIpc) is 3.33. The van der Waals surface area contributed by atoms with Gasteiger partial charge in [0.2, 0.25) is 0 Å². The Morgan fingerprint density at radius 1 is 0.955 bits per heavy atom. The predicted molar refractivity (Wildman–Crippen MR) is 91.1 cm³/mol. The maximum absolute atomic E-state index is 13.0. The van der Waals surface area contributed by atoms with E-state index >= 15 is 0 Å². The van der Waals surface area contributed by atoms with E-state index in [2.05, 4.69) is 34.3 Å². The van der Waals surface area contributed by atoms with Gasteiger partial charge in [0.15, 0.2) is 4.90 Å². The molecule has 0 aromatic heterocycles. The minimum Gasteiger partial charge on any atom is -0.593 e. The highest BCUT2D eigenvalue weighted by molar-refractivity contribution is 7.89. The van der Waals surface area contributed by atoms with Gasteiger partial charge >= 0.3 is 0 Å². The minimum atomic E-state index is -1.06. The van der Waals surface area contributed by atoms with Crippen LogP contribution in [0.5, 0.6) is 0 Å². The van der Waals surface area contributed by atoms with Crippen LogP contribution in [0.25, 0.3) is 10.8 Å². The van der Waals surface area contributed by atoms with E-state index in [0.29, 0.717) is 5.54 Å². The lowest BCUT2D eigenvalue weighted by Crippen LogP contribution is -2.52. The fourth-order valence-corrected chi connectivity index (χ4v) is 4.72. The summed E-state index contributed by atoms with van der Waals surface area (Å²) in [5.41, 5.74) is 0.438. The second kappa shape index (κ2) is 5.53. The van der Waals surface area contributed by atoms with E-state index in [0.717, 1.165) is 41.8 Å². The molecule has 0 bridgehead atoms. The van der Waals surface area contributed by atoms with Crippen molar-refractivity contribution in [3.05, 3.63) is 42.5 Å². The molecule has 2 aliphatic rings. The Hall–Kier alpha value is -1.07. The first-order valence-electron chi connectivity index (χ1n) is 8.07. The van der Waals surface area contributed by atoms with Crippen molar-refractivity contribution in [2.75, 3.05) is 26.2 Å². The molecule has 3 nitrogen and oxygen atoms in total. The second-order valence-corrected chi connectivity index (χ2v) is 8.09. The summed E-state index contributed by atoms with van der Waals surface area (Å²) in [4.78, 5) is 3.52. The highest BCUT2D eigenvalue weighted by Gasteiger charge is 2.45. The standard InChI is InChI=1S/C18H22N2OS/c1-18(9-10-18)19-11-13-20(14-12-19)22(21)17-8-4-6-15-5-2-3-7-16(15)17/h2-8H,9-14H2,1H3. The molecular formula is C18H22N2OS. The zero-order chi connectivity index (χ0) is 15.2. The highest BCUT2D eigenvalue weighted by atomic mass is 32.2.